The van der Waals surface area contributed by atoms with Crippen LogP contribution in [0.15, 0.2) is 53.4 Å². The molecular weight excluding hydrogens is 356 g/mol. The van der Waals surface area contributed by atoms with Gasteiger partial charge in [0.15, 0.2) is 0 Å². The van der Waals surface area contributed by atoms with Crippen molar-refractivity contribution in [3.63, 3.8) is 0 Å². The fourth-order valence-corrected chi connectivity index (χ4v) is 6.00. The van der Waals surface area contributed by atoms with E-state index in [0.29, 0.717) is 5.92 Å². The lowest BCUT2D eigenvalue weighted by molar-refractivity contribution is -0.125. The fraction of sp³-hybridized carbons (Fsp3) is 0.364. The third kappa shape index (κ3) is 2.30. The second-order valence-corrected chi connectivity index (χ2v) is 9.06. The molecule has 2 aromatic rings. The second-order valence-electron chi connectivity index (χ2n) is 7.88. The van der Waals surface area contributed by atoms with E-state index in [0.717, 1.165) is 29.0 Å². The molecule has 2 heterocycles. The van der Waals surface area contributed by atoms with Gasteiger partial charge in [-0.25, -0.2) is 0 Å². The minimum absolute atomic E-state index is 0.0177. The molecule has 0 radical (unpaired) electrons. The topological polar surface area (TPSA) is 49.4 Å². The van der Waals surface area contributed by atoms with Gasteiger partial charge in [0.25, 0.3) is 0 Å². The molecule has 1 aliphatic carbocycles. The van der Waals surface area contributed by atoms with E-state index >= 15 is 0 Å². The number of nitrogens with one attached hydrogen (secondary N) is 1. The van der Waals surface area contributed by atoms with Crippen molar-refractivity contribution in [3.8, 4) is 0 Å². The lowest BCUT2D eigenvalue weighted by Gasteiger charge is -2.33. The number of anilines is 1. The van der Waals surface area contributed by atoms with Gasteiger partial charge in [-0.3, -0.25) is 9.59 Å². The number of fused-ring (bicyclic) bond motifs is 2. The maximum Gasteiger partial charge on any atom is 0.241 e. The highest BCUT2D eigenvalue weighted by molar-refractivity contribution is 8.00. The predicted octanol–water partition coefficient (Wildman–Crippen LogP) is 3.28. The first-order valence-corrected chi connectivity index (χ1v) is 10.3. The second kappa shape index (κ2) is 5.86. The smallest absolute Gasteiger partial charge is 0.241 e. The average Bonchev–Trinajstić information content (AvgIpc) is 3.44. The van der Waals surface area contributed by atoms with Gasteiger partial charge in [0, 0.05) is 17.6 Å². The summed E-state index contributed by atoms with van der Waals surface area (Å²) in [7, 11) is 1.83. The van der Waals surface area contributed by atoms with Crippen LogP contribution in [0.3, 0.4) is 0 Å². The van der Waals surface area contributed by atoms with Gasteiger partial charge in [-0.05, 0) is 49.4 Å². The van der Waals surface area contributed by atoms with Gasteiger partial charge in [-0.2, -0.15) is 0 Å². The number of rotatable bonds is 3. The Bertz CT molecular complexity index is 938. The van der Waals surface area contributed by atoms with Crippen LogP contribution < -0.4 is 10.2 Å². The summed E-state index contributed by atoms with van der Waals surface area (Å²) in [6, 6.07) is 16.0. The monoisotopic (exact) mass is 378 g/mol. The van der Waals surface area contributed by atoms with E-state index in [9.17, 15) is 9.59 Å². The summed E-state index contributed by atoms with van der Waals surface area (Å²) >= 11 is 1.52. The Morgan fingerprint density at radius 2 is 1.78 bits per heavy atom. The number of benzene rings is 2. The number of carbonyl (C=O) groups is 2. The van der Waals surface area contributed by atoms with Crippen molar-refractivity contribution in [1.29, 1.82) is 0 Å². The molecule has 1 saturated heterocycles. The molecule has 1 N–H and O–H groups in total. The van der Waals surface area contributed by atoms with Crippen molar-refractivity contribution in [1.82, 2.24) is 5.32 Å². The molecule has 5 heteroatoms. The molecule has 2 amide bonds. The highest BCUT2D eigenvalue weighted by Crippen LogP contribution is 2.57. The summed E-state index contributed by atoms with van der Waals surface area (Å²) in [4.78, 5) is 29.5. The molecular formula is C22H22N2O2S. The van der Waals surface area contributed by atoms with E-state index in [-0.39, 0.29) is 17.9 Å². The maximum atomic E-state index is 13.6. The van der Waals surface area contributed by atoms with E-state index < -0.39 is 10.7 Å². The van der Waals surface area contributed by atoms with Gasteiger partial charge in [0.05, 0.1) is 6.04 Å². The third-order valence-corrected chi connectivity index (χ3v) is 7.54. The zero-order chi connectivity index (χ0) is 18.8. The van der Waals surface area contributed by atoms with E-state index in [1.165, 1.54) is 17.3 Å². The Hall–Kier alpha value is -2.27. The zero-order valence-corrected chi connectivity index (χ0v) is 16.3. The van der Waals surface area contributed by atoms with Gasteiger partial charge in [0.1, 0.15) is 10.7 Å². The van der Waals surface area contributed by atoms with Crippen molar-refractivity contribution in [2.45, 2.75) is 41.4 Å². The molecule has 27 heavy (non-hydrogen) atoms. The number of amides is 2. The van der Waals surface area contributed by atoms with Gasteiger partial charge < -0.3 is 10.2 Å². The number of hydrogen-bond donors (Lipinski definition) is 1. The molecule has 2 aliphatic heterocycles. The lowest BCUT2D eigenvalue weighted by Crippen LogP contribution is -2.53. The quantitative estimate of drug-likeness (QED) is 0.892. The molecule has 0 aromatic heterocycles. The van der Waals surface area contributed by atoms with Gasteiger partial charge in [0.2, 0.25) is 11.8 Å². The maximum absolute atomic E-state index is 13.6. The Morgan fingerprint density at radius 3 is 2.48 bits per heavy atom. The van der Waals surface area contributed by atoms with Crippen LogP contribution in [0.4, 0.5) is 5.69 Å². The molecule has 3 atom stereocenters. The van der Waals surface area contributed by atoms with Crippen LogP contribution in [0.2, 0.25) is 0 Å². The van der Waals surface area contributed by atoms with E-state index in [1.807, 2.05) is 50.4 Å². The Morgan fingerprint density at radius 1 is 1.07 bits per heavy atom. The lowest BCUT2D eigenvalue weighted by atomic mass is 9.73. The van der Waals surface area contributed by atoms with Gasteiger partial charge in [-0.1, -0.05) is 35.9 Å². The summed E-state index contributed by atoms with van der Waals surface area (Å²) in [5.41, 5.74) is 2.29. The molecule has 0 bridgehead atoms. The molecule has 2 fully saturated rings. The number of carbonyl (C=O) groups excluding carboxylic acids is 2. The molecule has 2 aromatic carbocycles. The molecule has 3 unspecified atom stereocenters. The molecule has 5 rings (SSSR count). The van der Waals surface area contributed by atoms with Crippen molar-refractivity contribution in [2.75, 3.05) is 11.9 Å². The van der Waals surface area contributed by atoms with E-state index in [4.69, 9.17) is 0 Å². The van der Waals surface area contributed by atoms with Gasteiger partial charge >= 0.3 is 0 Å². The first-order valence-electron chi connectivity index (χ1n) is 9.45. The van der Waals surface area contributed by atoms with Crippen LogP contribution in [0.25, 0.3) is 0 Å². The number of likely N-dealkylation sites (N-methyl/N-ethyl adjacent to an activating group) is 1. The number of para-hydroxylation sites is 1. The van der Waals surface area contributed by atoms with Crippen molar-refractivity contribution >= 4 is 29.3 Å². The first-order chi connectivity index (χ1) is 13.0. The van der Waals surface area contributed by atoms with Crippen LogP contribution in [-0.4, -0.2) is 30.2 Å². The number of aryl methyl sites for hydroxylation is 1. The highest BCUT2D eigenvalue weighted by atomic mass is 32.2. The standard InChI is InChI=1S/C22H22N2O2S/c1-13-7-11-15(12-8-13)27-19-20(25)23-18(14-9-10-14)22(19)16-5-3-4-6-17(16)24(2)21(22)26/h3-8,11-12,14,18-19H,9-10H2,1-2H3,(H,23,25). The van der Waals surface area contributed by atoms with Crippen LogP contribution >= 0.6 is 11.8 Å². The van der Waals surface area contributed by atoms with Crippen LogP contribution in [0.1, 0.15) is 24.0 Å². The normalized spacial score (nSPS) is 29.3. The summed E-state index contributed by atoms with van der Waals surface area (Å²) in [5, 5.41) is 2.76. The first kappa shape index (κ1) is 16.9. The average molecular weight is 378 g/mol. The number of nitrogens with zero attached hydrogens (tertiary/aromatic N) is 1. The Balaban J connectivity index is 1.66. The molecule has 3 aliphatic rings. The van der Waals surface area contributed by atoms with Crippen molar-refractivity contribution < 1.29 is 9.59 Å². The molecule has 4 nitrogen and oxygen atoms in total. The molecule has 1 saturated carbocycles. The minimum Gasteiger partial charge on any atom is -0.351 e. The van der Waals surface area contributed by atoms with Crippen molar-refractivity contribution in [3.05, 3.63) is 59.7 Å². The van der Waals surface area contributed by atoms with E-state index in [2.05, 4.69) is 17.4 Å². The SMILES string of the molecule is Cc1ccc(SC2C(=O)NC(C3CC3)C23C(=O)N(C)c2ccccc23)cc1. The summed E-state index contributed by atoms with van der Waals surface area (Å²) in [5.74, 6) is 0.417. The third-order valence-electron chi connectivity index (χ3n) is 6.18. The van der Waals surface area contributed by atoms with Crippen molar-refractivity contribution in [2.24, 2.45) is 5.92 Å². The summed E-state index contributed by atoms with van der Waals surface area (Å²) in [6.07, 6.45) is 2.15. The highest BCUT2D eigenvalue weighted by Gasteiger charge is 2.68. The van der Waals surface area contributed by atoms with Crippen LogP contribution in [0.5, 0.6) is 0 Å². The fourth-order valence-electron chi connectivity index (χ4n) is 4.70. The Kier molecular flexibility index (Phi) is 3.66. The Labute approximate surface area is 163 Å². The van der Waals surface area contributed by atoms with Crippen LogP contribution in [-0.2, 0) is 15.0 Å². The largest absolute Gasteiger partial charge is 0.351 e. The van der Waals surface area contributed by atoms with Crippen LogP contribution in [0, 0.1) is 12.8 Å². The number of thioether (sulfide) groups is 1. The van der Waals surface area contributed by atoms with Gasteiger partial charge in [-0.15, -0.1) is 11.8 Å². The number of hydrogen-bond acceptors (Lipinski definition) is 3. The predicted molar refractivity (Wildman–Crippen MR) is 107 cm³/mol. The molecule has 1 spiro atoms. The summed E-state index contributed by atoms with van der Waals surface area (Å²) in [6.45, 7) is 2.05. The zero-order valence-electron chi connectivity index (χ0n) is 15.4. The van der Waals surface area contributed by atoms with E-state index in [1.54, 1.807) is 4.90 Å². The summed E-state index contributed by atoms with van der Waals surface area (Å²) < 4.78 is 0. The molecule has 138 valence electrons. The minimum atomic E-state index is -0.820.